The second kappa shape index (κ2) is 8.83. The molecule has 0 fully saturated rings. The minimum atomic E-state index is -1.13. The number of methoxy groups -OCH3 is 1. The molecule has 0 aliphatic heterocycles. The van der Waals surface area contributed by atoms with Crippen molar-refractivity contribution in [2.75, 3.05) is 7.11 Å². The minimum absolute atomic E-state index is 0. The Hall–Kier alpha value is -3.26. The van der Waals surface area contributed by atoms with E-state index in [2.05, 4.69) is 28.1 Å². The lowest BCUT2D eigenvalue weighted by atomic mass is 9.99. The highest BCUT2D eigenvalue weighted by Crippen LogP contribution is 2.35. The molecule has 3 aromatic rings. The van der Waals surface area contributed by atoms with Crippen LogP contribution in [0.3, 0.4) is 0 Å². The molecule has 1 N–H and O–H groups in total. The Labute approximate surface area is 181 Å². The molecule has 0 aliphatic rings. The Bertz CT molecular complexity index is 1230. The van der Waals surface area contributed by atoms with Gasteiger partial charge in [0, 0.05) is 26.7 Å². The number of nitrogens with zero attached hydrogens (tertiary/aromatic N) is 3. The Balaban J connectivity index is 0.00000300. The van der Waals surface area contributed by atoms with E-state index >= 15 is 0 Å². The van der Waals surface area contributed by atoms with Crippen LogP contribution < -0.4 is 4.74 Å². The van der Waals surface area contributed by atoms with E-state index < -0.39 is 6.09 Å². The summed E-state index contributed by atoms with van der Waals surface area (Å²) < 4.78 is 7.26. The summed E-state index contributed by atoms with van der Waals surface area (Å²) in [5.74, 6) is 0.507. The molecule has 0 atom stereocenters. The number of rotatable bonds is 3. The molecule has 0 spiro atoms. The van der Waals surface area contributed by atoms with Crippen molar-refractivity contribution in [3.8, 4) is 17.9 Å². The van der Waals surface area contributed by atoms with Gasteiger partial charge in [0.25, 0.3) is 0 Å². The van der Waals surface area contributed by atoms with Gasteiger partial charge >= 0.3 is 6.09 Å². The highest BCUT2D eigenvalue weighted by atomic mass is 79.9. The maximum atomic E-state index is 11.8. The van der Waals surface area contributed by atoms with E-state index in [1.807, 2.05) is 0 Å². The van der Waals surface area contributed by atoms with E-state index in [9.17, 15) is 15.2 Å². The number of allylic oxidation sites excluding steroid dienone is 1. The highest BCUT2D eigenvalue weighted by Gasteiger charge is 2.21. The quantitative estimate of drug-likeness (QED) is 0.500. The van der Waals surface area contributed by atoms with Crippen molar-refractivity contribution in [2.24, 2.45) is 0 Å². The summed E-state index contributed by atoms with van der Waals surface area (Å²) in [6.07, 6.45) is 0.478. The van der Waals surface area contributed by atoms with Crippen LogP contribution in [0.2, 0.25) is 0 Å². The van der Waals surface area contributed by atoms with Gasteiger partial charge in [-0.1, -0.05) is 15.9 Å². The summed E-state index contributed by atoms with van der Waals surface area (Å²) in [5.41, 5.74) is 2.70. The van der Waals surface area contributed by atoms with E-state index in [1.54, 1.807) is 49.4 Å². The average Bonchev–Trinajstić information content (AvgIpc) is 2.97. The summed E-state index contributed by atoms with van der Waals surface area (Å²) in [7, 11) is 1.50. The average molecular weight is 473 g/mol. The predicted molar refractivity (Wildman–Crippen MR) is 116 cm³/mol. The fourth-order valence-corrected chi connectivity index (χ4v) is 3.57. The zero-order valence-electron chi connectivity index (χ0n) is 15.4. The molecule has 1 aromatic heterocycles. The first-order valence-electron chi connectivity index (χ1n) is 8.15. The summed E-state index contributed by atoms with van der Waals surface area (Å²) in [6.45, 7) is 1.66. The summed E-state index contributed by atoms with van der Waals surface area (Å²) in [4.78, 5) is 11.8. The van der Waals surface area contributed by atoms with E-state index in [-0.39, 0.29) is 18.0 Å². The second-order valence-electron chi connectivity index (χ2n) is 5.98. The van der Waals surface area contributed by atoms with Crippen LogP contribution in [-0.2, 0) is 0 Å². The molecule has 0 amide bonds. The third-order valence-electron chi connectivity index (χ3n) is 4.41. The molecular formula is C21H15BrClN3O3. The van der Waals surface area contributed by atoms with Gasteiger partial charge < -0.3 is 9.84 Å². The van der Waals surface area contributed by atoms with Gasteiger partial charge in [0.1, 0.15) is 5.75 Å². The maximum Gasteiger partial charge on any atom is 0.416 e. The van der Waals surface area contributed by atoms with Gasteiger partial charge in [-0.25, -0.2) is 9.36 Å². The van der Waals surface area contributed by atoms with E-state index in [0.717, 1.165) is 9.04 Å². The van der Waals surface area contributed by atoms with Gasteiger partial charge in [0.15, 0.2) is 0 Å². The Morgan fingerprint density at radius 1 is 1.24 bits per heavy atom. The molecule has 8 heteroatoms. The first-order chi connectivity index (χ1) is 13.4. The van der Waals surface area contributed by atoms with Gasteiger partial charge in [0.2, 0.25) is 0 Å². The van der Waals surface area contributed by atoms with Crippen LogP contribution in [0.1, 0.15) is 22.4 Å². The minimum Gasteiger partial charge on any atom is -0.496 e. The van der Waals surface area contributed by atoms with Crippen LogP contribution >= 0.6 is 28.3 Å². The first-order valence-corrected chi connectivity index (χ1v) is 8.94. The number of benzene rings is 2. The molecule has 0 bridgehead atoms. The summed E-state index contributed by atoms with van der Waals surface area (Å²) in [6, 6.07) is 14.4. The molecule has 0 unspecified atom stereocenters. The van der Waals surface area contributed by atoms with Gasteiger partial charge in [0.05, 0.1) is 35.9 Å². The smallest absolute Gasteiger partial charge is 0.416 e. The predicted octanol–water partition coefficient (Wildman–Crippen LogP) is 5.60. The number of hydrogen-bond donors (Lipinski definition) is 1. The van der Waals surface area contributed by atoms with Crippen LogP contribution in [0.25, 0.3) is 22.6 Å². The lowest BCUT2D eigenvalue weighted by Crippen LogP contribution is -2.09. The fraction of sp³-hybridized carbons (Fsp3) is 0.0952. The summed E-state index contributed by atoms with van der Waals surface area (Å²) >= 11 is 3.40. The van der Waals surface area contributed by atoms with Gasteiger partial charge in [-0.3, -0.25) is 0 Å². The molecule has 146 valence electrons. The van der Waals surface area contributed by atoms with Crippen LogP contribution in [0, 0.1) is 29.6 Å². The second-order valence-corrected chi connectivity index (χ2v) is 6.89. The number of fused-ring (bicyclic) bond motifs is 1. The molecule has 29 heavy (non-hydrogen) atoms. The molecule has 0 saturated carbocycles. The number of nitriles is 2. The van der Waals surface area contributed by atoms with Crippen molar-refractivity contribution in [1.29, 1.82) is 10.5 Å². The zero-order chi connectivity index (χ0) is 20.4. The number of hydrogen-bond acceptors (Lipinski definition) is 4. The molecule has 0 aliphatic carbocycles. The van der Waals surface area contributed by atoms with Crippen molar-refractivity contribution in [3.63, 3.8) is 0 Å². The molecule has 0 radical (unpaired) electrons. The Kier molecular flexibility index (Phi) is 6.71. The lowest BCUT2D eigenvalue weighted by molar-refractivity contribution is 0.197. The van der Waals surface area contributed by atoms with E-state index in [0.29, 0.717) is 39.0 Å². The third-order valence-corrected chi connectivity index (χ3v) is 4.90. The van der Waals surface area contributed by atoms with Gasteiger partial charge in [-0.2, -0.15) is 10.5 Å². The van der Waals surface area contributed by atoms with Crippen molar-refractivity contribution in [3.05, 3.63) is 63.3 Å². The first kappa shape index (κ1) is 22.0. The van der Waals surface area contributed by atoms with E-state index in [4.69, 9.17) is 10.00 Å². The number of carboxylic acid groups (broad SMARTS) is 1. The van der Waals surface area contributed by atoms with Crippen molar-refractivity contribution >= 4 is 57.0 Å². The topological polar surface area (TPSA) is 99.0 Å². The Morgan fingerprint density at radius 2 is 1.97 bits per heavy atom. The van der Waals surface area contributed by atoms with Gasteiger partial charge in [-0.15, -0.1) is 12.4 Å². The molecule has 6 nitrogen and oxygen atoms in total. The molecule has 3 rings (SSSR count). The number of halogens is 2. The molecule has 1 heterocycles. The van der Waals surface area contributed by atoms with E-state index in [1.165, 1.54) is 7.11 Å². The maximum absolute atomic E-state index is 11.8. The van der Waals surface area contributed by atoms with Crippen LogP contribution in [-0.4, -0.2) is 22.9 Å². The van der Waals surface area contributed by atoms with Crippen LogP contribution in [0.15, 0.2) is 40.9 Å². The molecule has 0 saturated heterocycles. The Morgan fingerprint density at radius 3 is 2.55 bits per heavy atom. The standard InChI is InChI=1S/C21H14BrN3O3.ClH/c1-12-20(17-9-16(22)4-5-18(17)25(12)21(26)27)15(11-24)8-14-7-13(10-23)3-6-19(14)28-2;/h3-9H,1-2H3,(H,26,27);1H/b15-8+;. The lowest BCUT2D eigenvalue weighted by Gasteiger charge is -2.07. The molecular weight excluding hydrogens is 458 g/mol. The highest BCUT2D eigenvalue weighted by molar-refractivity contribution is 9.10. The molecule has 2 aromatic carbocycles. The summed E-state index contributed by atoms with van der Waals surface area (Å²) in [5, 5.41) is 29.3. The van der Waals surface area contributed by atoms with Crippen molar-refractivity contribution < 1.29 is 14.6 Å². The van der Waals surface area contributed by atoms with Crippen LogP contribution in [0.5, 0.6) is 5.75 Å². The monoisotopic (exact) mass is 471 g/mol. The number of ether oxygens (including phenoxy) is 1. The third kappa shape index (κ3) is 3.97. The van der Waals surface area contributed by atoms with Crippen molar-refractivity contribution in [2.45, 2.75) is 6.92 Å². The van der Waals surface area contributed by atoms with Gasteiger partial charge in [-0.05, 0) is 49.4 Å². The largest absolute Gasteiger partial charge is 0.496 e. The SMILES string of the molecule is COc1ccc(C#N)cc1/C=C(\C#N)c1c(C)n(C(=O)O)c2ccc(Br)cc12.Cl. The van der Waals surface area contributed by atoms with Crippen molar-refractivity contribution in [1.82, 2.24) is 4.57 Å². The van der Waals surface area contributed by atoms with Crippen LogP contribution in [0.4, 0.5) is 4.79 Å². The fourth-order valence-electron chi connectivity index (χ4n) is 3.21. The number of carbonyl (C=O) groups is 1. The number of aromatic nitrogens is 1. The zero-order valence-corrected chi connectivity index (χ0v) is 17.8. The normalized spacial score (nSPS) is 10.7.